The highest BCUT2D eigenvalue weighted by Gasteiger charge is 1.92. The summed E-state index contributed by atoms with van der Waals surface area (Å²) in [6.07, 6.45) is 7.16. The monoisotopic (exact) mass is 222 g/mol. The number of hydrogen-bond donors (Lipinski definition) is 0. The maximum Gasteiger partial charge on any atom is 0.115 e. The average molecular weight is 223 g/mol. The molecule has 0 aliphatic rings. The van der Waals surface area contributed by atoms with Crippen molar-refractivity contribution < 1.29 is 0 Å². The second kappa shape index (κ2) is 4.35. The Morgan fingerprint density at radius 2 is 2.29 bits per heavy atom. The molecule has 2 aromatic heterocycles. The van der Waals surface area contributed by atoms with E-state index < -0.39 is 0 Å². The zero-order valence-corrected chi connectivity index (χ0v) is 8.79. The number of rotatable bonds is 2. The molecule has 0 aromatic carbocycles. The molecule has 0 aliphatic carbocycles. The minimum absolute atomic E-state index is 0.775. The van der Waals surface area contributed by atoms with Crippen LogP contribution in [-0.2, 0) is 0 Å². The van der Waals surface area contributed by atoms with Crippen LogP contribution in [0, 0.1) is 0 Å². The maximum absolute atomic E-state index is 5.79. The molecule has 0 aliphatic heterocycles. The molecule has 0 fully saturated rings. The fourth-order valence-corrected chi connectivity index (χ4v) is 1.96. The first-order valence-corrected chi connectivity index (χ1v) is 5.28. The van der Waals surface area contributed by atoms with E-state index in [4.69, 9.17) is 11.6 Å². The fraction of sp³-hybridized carbons (Fsp3) is 0. The van der Waals surface area contributed by atoms with Crippen LogP contribution in [0.1, 0.15) is 10.6 Å². The Morgan fingerprint density at radius 3 is 2.93 bits per heavy atom. The topological polar surface area (TPSA) is 25.8 Å². The lowest BCUT2D eigenvalue weighted by Crippen LogP contribution is -1.79. The summed E-state index contributed by atoms with van der Waals surface area (Å²) in [4.78, 5) is 9.03. The van der Waals surface area contributed by atoms with Crippen molar-refractivity contribution >= 4 is 35.1 Å². The van der Waals surface area contributed by atoms with E-state index in [1.165, 1.54) is 6.33 Å². The van der Waals surface area contributed by atoms with E-state index in [1.54, 1.807) is 17.5 Å². The number of aromatic nitrogens is 2. The molecule has 0 spiro atoms. The summed E-state index contributed by atoms with van der Waals surface area (Å²) in [5.74, 6) is 0. The van der Waals surface area contributed by atoms with Gasteiger partial charge in [-0.25, -0.2) is 9.97 Å². The molecule has 2 heterocycles. The van der Waals surface area contributed by atoms with Crippen LogP contribution in [0.25, 0.3) is 12.2 Å². The van der Waals surface area contributed by atoms with E-state index in [0.717, 1.165) is 15.6 Å². The summed E-state index contributed by atoms with van der Waals surface area (Å²) in [5.41, 5.74) is 0.893. The molecule has 0 saturated carbocycles. The van der Waals surface area contributed by atoms with Crippen LogP contribution in [0.5, 0.6) is 0 Å². The Bertz CT molecular complexity index is 436. The Hall–Kier alpha value is -1.19. The molecular weight excluding hydrogens is 216 g/mol. The van der Waals surface area contributed by atoms with Gasteiger partial charge in [0.2, 0.25) is 0 Å². The van der Waals surface area contributed by atoms with Gasteiger partial charge in [0.25, 0.3) is 0 Å². The zero-order chi connectivity index (χ0) is 9.80. The van der Waals surface area contributed by atoms with Crippen LogP contribution >= 0.6 is 22.9 Å². The first kappa shape index (κ1) is 9.37. The SMILES string of the molecule is Clc1csc(C=Cc2ccncn2)c1. The highest BCUT2D eigenvalue weighted by Crippen LogP contribution is 2.20. The molecule has 0 saturated heterocycles. The molecule has 0 unspecified atom stereocenters. The minimum Gasteiger partial charge on any atom is -0.245 e. The van der Waals surface area contributed by atoms with Crippen molar-refractivity contribution in [3.8, 4) is 0 Å². The van der Waals surface area contributed by atoms with Crippen LogP contribution in [0.15, 0.2) is 30.0 Å². The number of halogens is 1. The molecule has 2 rings (SSSR count). The first-order chi connectivity index (χ1) is 6.84. The van der Waals surface area contributed by atoms with Gasteiger partial charge in [-0.15, -0.1) is 11.3 Å². The van der Waals surface area contributed by atoms with Crippen LogP contribution in [0.2, 0.25) is 5.02 Å². The number of nitrogens with zero attached hydrogens (tertiary/aromatic N) is 2. The zero-order valence-electron chi connectivity index (χ0n) is 7.22. The standard InChI is InChI=1S/C10H7ClN2S/c11-8-5-10(14-6-8)2-1-9-3-4-12-7-13-9/h1-7H. The van der Waals surface area contributed by atoms with Gasteiger partial charge in [-0.1, -0.05) is 11.6 Å². The second-order valence-electron chi connectivity index (χ2n) is 2.63. The van der Waals surface area contributed by atoms with E-state index in [0.29, 0.717) is 0 Å². The molecule has 2 nitrogen and oxygen atoms in total. The Labute approximate surface area is 90.9 Å². The van der Waals surface area contributed by atoms with E-state index in [9.17, 15) is 0 Å². The minimum atomic E-state index is 0.775. The normalized spacial score (nSPS) is 10.9. The summed E-state index contributed by atoms with van der Waals surface area (Å²) < 4.78 is 0. The van der Waals surface area contributed by atoms with Gasteiger partial charge in [0, 0.05) is 16.5 Å². The van der Waals surface area contributed by atoms with Gasteiger partial charge in [0.15, 0.2) is 0 Å². The van der Waals surface area contributed by atoms with Crippen molar-refractivity contribution in [3.63, 3.8) is 0 Å². The molecule has 70 valence electrons. The highest BCUT2D eigenvalue weighted by atomic mass is 35.5. The van der Waals surface area contributed by atoms with Gasteiger partial charge in [0.05, 0.1) is 10.7 Å². The quantitative estimate of drug-likeness (QED) is 0.779. The fourth-order valence-electron chi connectivity index (χ4n) is 0.983. The number of hydrogen-bond acceptors (Lipinski definition) is 3. The predicted molar refractivity (Wildman–Crippen MR) is 60.3 cm³/mol. The van der Waals surface area contributed by atoms with Gasteiger partial charge < -0.3 is 0 Å². The predicted octanol–water partition coefficient (Wildman–Crippen LogP) is 3.36. The third-order valence-corrected chi connectivity index (χ3v) is 2.86. The third-order valence-electron chi connectivity index (χ3n) is 1.61. The van der Waals surface area contributed by atoms with Gasteiger partial charge in [0.1, 0.15) is 6.33 Å². The molecule has 4 heteroatoms. The van der Waals surface area contributed by atoms with E-state index in [-0.39, 0.29) is 0 Å². The molecule has 0 radical (unpaired) electrons. The van der Waals surface area contributed by atoms with Crippen molar-refractivity contribution in [2.75, 3.05) is 0 Å². The molecule has 0 bridgehead atoms. The van der Waals surface area contributed by atoms with Crippen molar-refractivity contribution in [2.45, 2.75) is 0 Å². The van der Waals surface area contributed by atoms with Crippen molar-refractivity contribution in [2.24, 2.45) is 0 Å². The van der Waals surface area contributed by atoms with Gasteiger partial charge >= 0.3 is 0 Å². The molecule has 0 amide bonds. The van der Waals surface area contributed by atoms with E-state index in [1.807, 2.05) is 29.7 Å². The van der Waals surface area contributed by atoms with Crippen LogP contribution in [-0.4, -0.2) is 9.97 Å². The molecule has 0 N–H and O–H groups in total. The molecule has 2 aromatic rings. The van der Waals surface area contributed by atoms with Crippen LogP contribution < -0.4 is 0 Å². The Balaban J connectivity index is 2.15. The largest absolute Gasteiger partial charge is 0.245 e. The lowest BCUT2D eigenvalue weighted by Gasteiger charge is -1.88. The van der Waals surface area contributed by atoms with E-state index >= 15 is 0 Å². The molecule has 14 heavy (non-hydrogen) atoms. The maximum atomic E-state index is 5.79. The Kier molecular flexibility index (Phi) is 2.91. The second-order valence-corrected chi connectivity index (χ2v) is 4.01. The lowest BCUT2D eigenvalue weighted by atomic mass is 10.3. The summed E-state index contributed by atoms with van der Waals surface area (Å²) >= 11 is 7.40. The summed E-state index contributed by atoms with van der Waals surface area (Å²) in [6, 6.07) is 3.77. The summed E-state index contributed by atoms with van der Waals surface area (Å²) in [7, 11) is 0. The third kappa shape index (κ3) is 2.40. The first-order valence-electron chi connectivity index (χ1n) is 4.03. The van der Waals surface area contributed by atoms with Crippen molar-refractivity contribution in [3.05, 3.63) is 45.6 Å². The van der Waals surface area contributed by atoms with Crippen LogP contribution in [0.3, 0.4) is 0 Å². The van der Waals surface area contributed by atoms with E-state index in [2.05, 4.69) is 9.97 Å². The smallest absolute Gasteiger partial charge is 0.115 e. The highest BCUT2D eigenvalue weighted by molar-refractivity contribution is 7.11. The summed E-state index contributed by atoms with van der Waals surface area (Å²) in [5, 5.41) is 2.68. The van der Waals surface area contributed by atoms with Crippen molar-refractivity contribution in [1.82, 2.24) is 9.97 Å². The van der Waals surface area contributed by atoms with Gasteiger partial charge in [-0.2, -0.15) is 0 Å². The average Bonchev–Trinajstić information content (AvgIpc) is 2.63. The lowest BCUT2D eigenvalue weighted by molar-refractivity contribution is 1.15. The molecular formula is C10H7ClN2S. The van der Waals surface area contributed by atoms with Crippen LogP contribution in [0.4, 0.5) is 0 Å². The van der Waals surface area contributed by atoms with Gasteiger partial charge in [-0.3, -0.25) is 0 Å². The van der Waals surface area contributed by atoms with Crippen molar-refractivity contribution in [1.29, 1.82) is 0 Å². The Morgan fingerprint density at radius 1 is 1.36 bits per heavy atom. The number of thiophene rings is 1. The summed E-state index contributed by atoms with van der Waals surface area (Å²) in [6.45, 7) is 0. The van der Waals surface area contributed by atoms with Gasteiger partial charge in [-0.05, 0) is 24.3 Å². The molecule has 0 atom stereocenters.